The first-order valence-corrected chi connectivity index (χ1v) is 7.74. The second-order valence-electron chi connectivity index (χ2n) is 6.10. The normalized spacial score (nSPS) is 16.5. The van der Waals surface area contributed by atoms with E-state index in [0.29, 0.717) is 11.8 Å². The highest BCUT2D eigenvalue weighted by Gasteiger charge is 2.35. The molecule has 4 rings (SSSR count). The Hall–Kier alpha value is -2.57. The fourth-order valence-corrected chi connectivity index (χ4v) is 3.41. The molecule has 2 aliphatic rings. The van der Waals surface area contributed by atoms with Crippen molar-refractivity contribution in [2.75, 3.05) is 18.6 Å². The minimum absolute atomic E-state index is 0.00120. The minimum atomic E-state index is -0.387. The van der Waals surface area contributed by atoms with Crippen molar-refractivity contribution in [1.29, 1.82) is 0 Å². The molecule has 0 N–H and O–H groups in total. The van der Waals surface area contributed by atoms with E-state index >= 15 is 0 Å². The Morgan fingerprint density at radius 3 is 2.78 bits per heavy atom. The maximum absolute atomic E-state index is 11.4. The maximum atomic E-state index is 11.4. The van der Waals surface area contributed by atoms with Crippen molar-refractivity contribution in [3.8, 4) is 16.9 Å². The number of hydrogen-bond acceptors (Lipinski definition) is 5. The van der Waals surface area contributed by atoms with E-state index in [1.165, 1.54) is 20.0 Å². The number of aromatic nitrogens is 2. The monoisotopic (exact) mass is 314 g/mol. The van der Waals surface area contributed by atoms with E-state index in [-0.39, 0.29) is 10.6 Å². The van der Waals surface area contributed by atoms with Gasteiger partial charge in [-0.15, -0.1) is 0 Å². The van der Waals surface area contributed by atoms with Crippen LogP contribution in [-0.2, 0) is 13.5 Å². The SMILES string of the molecule is COc1cc2c(cc1[N+](=O)[O-])-c1cnn(C)c1CCN2C1CC1. The molecule has 2 aromatic rings. The number of nitro groups is 1. The molecule has 0 bridgehead atoms. The second-order valence-corrected chi connectivity index (χ2v) is 6.10. The molecular weight excluding hydrogens is 296 g/mol. The van der Waals surface area contributed by atoms with Gasteiger partial charge in [-0.05, 0) is 12.8 Å². The summed E-state index contributed by atoms with van der Waals surface area (Å²) in [5, 5.41) is 15.7. The van der Waals surface area contributed by atoms with Crippen molar-refractivity contribution in [1.82, 2.24) is 9.78 Å². The number of benzene rings is 1. The number of hydrogen-bond donors (Lipinski definition) is 0. The van der Waals surface area contributed by atoms with Crippen LogP contribution in [0.15, 0.2) is 18.3 Å². The predicted octanol–water partition coefficient (Wildman–Crippen LogP) is 2.53. The van der Waals surface area contributed by atoms with Crippen LogP contribution in [0.4, 0.5) is 11.4 Å². The highest BCUT2D eigenvalue weighted by Crippen LogP contribution is 2.46. The number of aryl methyl sites for hydroxylation is 1. The summed E-state index contributed by atoms with van der Waals surface area (Å²) in [4.78, 5) is 13.4. The van der Waals surface area contributed by atoms with Gasteiger partial charge in [0.05, 0.1) is 18.2 Å². The quantitative estimate of drug-likeness (QED) is 0.643. The highest BCUT2D eigenvalue weighted by atomic mass is 16.6. The summed E-state index contributed by atoms with van der Waals surface area (Å²) in [5.74, 6) is 0.312. The fourth-order valence-electron chi connectivity index (χ4n) is 3.41. The number of methoxy groups -OCH3 is 1. The van der Waals surface area contributed by atoms with Crippen LogP contribution in [0, 0.1) is 10.1 Å². The van der Waals surface area contributed by atoms with Crippen LogP contribution in [0.25, 0.3) is 11.1 Å². The van der Waals surface area contributed by atoms with E-state index in [2.05, 4.69) is 10.00 Å². The van der Waals surface area contributed by atoms with Gasteiger partial charge in [0.15, 0.2) is 5.75 Å². The zero-order valence-electron chi connectivity index (χ0n) is 13.2. The zero-order chi connectivity index (χ0) is 16.1. The summed E-state index contributed by atoms with van der Waals surface area (Å²) >= 11 is 0. The third-order valence-electron chi connectivity index (χ3n) is 4.73. The van der Waals surface area contributed by atoms with Crippen LogP contribution in [-0.4, -0.2) is 34.4 Å². The predicted molar refractivity (Wildman–Crippen MR) is 85.9 cm³/mol. The van der Waals surface area contributed by atoms with Gasteiger partial charge in [0.1, 0.15) is 0 Å². The molecule has 7 nitrogen and oxygen atoms in total. The highest BCUT2D eigenvalue weighted by molar-refractivity contribution is 5.85. The second kappa shape index (κ2) is 4.97. The van der Waals surface area contributed by atoms with Gasteiger partial charge >= 0.3 is 5.69 Å². The van der Waals surface area contributed by atoms with Crippen molar-refractivity contribution >= 4 is 11.4 Å². The van der Waals surface area contributed by atoms with Crippen LogP contribution in [0.5, 0.6) is 5.75 Å². The molecule has 0 radical (unpaired) electrons. The molecule has 0 saturated heterocycles. The zero-order valence-corrected chi connectivity index (χ0v) is 13.2. The summed E-state index contributed by atoms with van der Waals surface area (Å²) in [7, 11) is 3.39. The van der Waals surface area contributed by atoms with Crippen molar-refractivity contribution in [3.63, 3.8) is 0 Å². The summed E-state index contributed by atoms with van der Waals surface area (Å²) in [6, 6.07) is 3.98. The van der Waals surface area contributed by atoms with Crippen molar-refractivity contribution in [3.05, 3.63) is 34.1 Å². The molecule has 0 amide bonds. The molecule has 1 aromatic carbocycles. The summed E-state index contributed by atoms with van der Waals surface area (Å²) in [6.07, 6.45) is 5.04. The largest absolute Gasteiger partial charge is 0.490 e. The number of nitro benzene ring substituents is 1. The van der Waals surface area contributed by atoms with E-state index in [4.69, 9.17) is 4.74 Å². The Morgan fingerprint density at radius 1 is 1.35 bits per heavy atom. The molecule has 0 atom stereocenters. The standard InChI is InChI=1S/C16H18N4O3/c1-18-13-5-6-19(10-3-4-10)14-8-16(23-2)15(20(21)22)7-11(14)12(13)9-17-18/h7-10H,3-6H2,1-2H3. The summed E-state index contributed by atoms with van der Waals surface area (Å²) in [6.45, 7) is 0.894. The molecular formula is C16H18N4O3. The number of fused-ring (bicyclic) bond motifs is 3. The van der Waals surface area contributed by atoms with Crippen LogP contribution in [0.1, 0.15) is 18.5 Å². The van der Waals surface area contributed by atoms with Crippen LogP contribution < -0.4 is 9.64 Å². The molecule has 1 aliphatic heterocycles. The Balaban J connectivity index is 1.97. The Kier molecular flexibility index (Phi) is 3.04. The lowest BCUT2D eigenvalue weighted by atomic mass is 10.0. The maximum Gasteiger partial charge on any atom is 0.311 e. The molecule has 1 fully saturated rings. The van der Waals surface area contributed by atoms with Crippen LogP contribution >= 0.6 is 0 Å². The van der Waals surface area contributed by atoms with Crippen LogP contribution in [0.3, 0.4) is 0 Å². The van der Waals surface area contributed by atoms with Crippen molar-refractivity contribution in [2.24, 2.45) is 7.05 Å². The van der Waals surface area contributed by atoms with Gasteiger partial charge in [0.2, 0.25) is 0 Å². The van der Waals surface area contributed by atoms with Crippen LogP contribution in [0.2, 0.25) is 0 Å². The number of ether oxygens (including phenoxy) is 1. The summed E-state index contributed by atoms with van der Waals surface area (Å²) < 4.78 is 7.13. The fraction of sp³-hybridized carbons (Fsp3) is 0.438. The topological polar surface area (TPSA) is 73.4 Å². The van der Waals surface area contributed by atoms with Gasteiger partial charge in [-0.2, -0.15) is 5.10 Å². The molecule has 0 unspecified atom stereocenters. The molecule has 1 aliphatic carbocycles. The molecule has 0 spiro atoms. The van der Waals surface area contributed by atoms with E-state index in [0.717, 1.165) is 35.5 Å². The van der Waals surface area contributed by atoms with Gasteiger partial charge in [-0.1, -0.05) is 0 Å². The molecule has 2 heterocycles. The Bertz CT molecular complexity index is 795. The average molecular weight is 314 g/mol. The van der Waals surface area contributed by atoms with E-state index in [9.17, 15) is 10.1 Å². The van der Waals surface area contributed by atoms with Gasteiger partial charge in [0, 0.05) is 60.7 Å². The first-order valence-electron chi connectivity index (χ1n) is 7.74. The lowest BCUT2D eigenvalue weighted by Crippen LogP contribution is -2.27. The number of anilines is 1. The third kappa shape index (κ3) is 2.15. The van der Waals surface area contributed by atoms with E-state index in [1.807, 2.05) is 17.8 Å². The number of rotatable bonds is 3. The van der Waals surface area contributed by atoms with Gasteiger partial charge in [0.25, 0.3) is 0 Å². The van der Waals surface area contributed by atoms with Gasteiger partial charge in [-0.3, -0.25) is 14.8 Å². The molecule has 1 aromatic heterocycles. The lowest BCUT2D eigenvalue weighted by molar-refractivity contribution is -0.385. The Morgan fingerprint density at radius 2 is 2.13 bits per heavy atom. The average Bonchev–Trinajstić information content (AvgIpc) is 3.32. The van der Waals surface area contributed by atoms with E-state index < -0.39 is 0 Å². The van der Waals surface area contributed by atoms with Crippen molar-refractivity contribution < 1.29 is 9.66 Å². The first kappa shape index (κ1) is 14.0. The molecule has 1 saturated carbocycles. The summed E-state index contributed by atoms with van der Waals surface area (Å²) in [5.41, 5.74) is 4.00. The minimum Gasteiger partial charge on any atom is -0.490 e. The molecule has 23 heavy (non-hydrogen) atoms. The smallest absolute Gasteiger partial charge is 0.311 e. The lowest BCUT2D eigenvalue weighted by Gasteiger charge is -2.25. The molecule has 7 heteroatoms. The van der Waals surface area contributed by atoms with Gasteiger partial charge in [-0.25, -0.2) is 0 Å². The number of nitrogens with zero attached hydrogens (tertiary/aromatic N) is 4. The van der Waals surface area contributed by atoms with Gasteiger partial charge < -0.3 is 9.64 Å². The third-order valence-corrected chi connectivity index (χ3v) is 4.73. The molecule has 120 valence electrons. The first-order chi connectivity index (χ1) is 11.1. The Labute approximate surface area is 133 Å². The van der Waals surface area contributed by atoms with E-state index in [1.54, 1.807) is 12.3 Å². The van der Waals surface area contributed by atoms with Crippen molar-refractivity contribution in [2.45, 2.75) is 25.3 Å².